The van der Waals surface area contributed by atoms with Crippen molar-refractivity contribution in [1.29, 1.82) is 10.8 Å². The lowest BCUT2D eigenvalue weighted by atomic mass is 10.0. The number of benzene rings is 1. The Kier molecular flexibility index (Phi) is 14.7. The van der Waals surface area contributed by atoms with E-state index in [1.54, 1.807) is 6.20 Å². The largest absolute Gasteiger partial charge is 0.480 e. The van der Waals surface area contributed by atoms with E-state index >= 15 is 0 Å². The van der Waals surface area contributed by atoms with Gasteiger partial charge in [0.1, 0.15) is 18.1 Å². The topological polar surface area (TPSA) is 333 Å². The molecule has 4 amide bonds. The standard InChI is InChI=1S/C28H44N12O6/c29-17(6-3-11-35-27(31)32)23(42)40-21(13-15-14-37-18-7-2-1-5-16(15)18)25(44)38-19(9-10-22(30)41)24(43)39-20(26(45)46)8-4-12-36-28(33)34/h1-2,5,7,14,17,19-21,37H,3-4,6,8-13,29H2,(H2,30,41)(H,38,44)(H,39,43)(H,40,42)(H,45,46)(H4,31,32,35)(H4,33,34,36)/t17-,19-,20-,21-/m0/s1. The average Bonchev–Trinajstić information content (AvgIpc) is 3.40. The highest BCUT2D eigenvalue weighted by molar-refractivity contribution is 5.95. The fourth-order valence-electron chi connectivity index (χ4n) is 4.57. The van der Waals surface area contributed by atoms with Gasteiger partial charge in [0.15, 0.2) is 11.9 Å². The number of rotatable bonds is 20. The normalized spacial score (nSPS) is 13.4. The van der Waals surface area contributed by atoms with Crippen molar-refractivity contribution >= 4 is 52.4 Å². The number of aliphatic carboxylic acids is 1. The van der Waals surface area contributed by atoms with Crippen LogP contribution >= 0.6 is 0 Å². The van der Waals surface area contributed by atoms with Crippen molar-refractivity contribution < 1.29 is 29.1 Å². The predicted molar refractivity (Wildman–Crippen MR) is 170 cm³/mol. The highest BCUT2D eigenvalue weighted by atomic mass is 16.4. The zero-order valence-electron chi connectivity index (χ0n) is 25.4. The van der Waals surface area contributed by atoms with Crippen molar-refractivity contribution in [2.75, 3.05) is 13.1 Å². The Labute approximate surface area is 265 Å². The van der Waals surface area contributed by atoms with Gasteiger partial charge < -0.3 is 59.6 Å². The minimum Gasteiger partial charge on any atom is -0.480 e. The Morgan fingerprint density at radius 1 is 0.783 bits per heavy atom. The Morgan fingerprint density at radius 3 is 1.96 bits per heavy atom. The van der Waals surface area contributed by atoms with Crippen LogP contribution in [0.1, 0.15) is 44.1 Å². The molecule has 0 fully saturated rings. The molecular formula is C28H44N12O6. The molecule has 0 aliphatic rings. The molecular weight excluding hydrogens is 600 g/mol. The number of aromatic amines is 1. The number of hydrogen-bond donors (Lipinski definition) is 13. The third-order valence-corrected chi connectivity index (χ3v) is 6.99. The molecule has 0 aliphatic heterocycles. The number of aromatic nitrogens is 1. The van der Waals surface area contributed by atoms with E-state index in [-0.39, 0.29) is 57.0 Å². The second kappa shape index (κ2) is 18.4. The Hall–Kier alpha value is -5.39. The third-order valence-electron chi connectivity index (χ3n) is 6.99. The van der Waals surface area contributed by atoms with Gasteiger partial charge >= 0.3 is 5.97 Å². The quantitative estimate of drug-likeness (QED) is 0.0401. The molecule has 252 valence electrons. The maximum absolute atomic E-state index is 13.7. The molecule has 0 spiro atoms. The van der Waals surface area contributed by atoms with Crippen molar-refractivity contribution in [3.05, 3.63) is 36.0 Å². The molecule has 46 heavy (non-hydrogen) atoms. The van der Waals surface area contributed by atoms with Crippen molar-refractivity contribution in [3.63, 3.8) is 0 Å². The number of carboxylic acid groups (broad SMARTS) is 1. The van der Waals surface area contributed by atoms with E-state index in [9.17, 15) is 29.1 Å². The van der Waals surface area contributed by atoms with Gasteiger partial charge in [-0.25, -0.2) is 4.79 Å². The van der Waals surface area contributed by atoms with Gasteiger partial charge in [-0.2, -0.15) is 0 Å². The van der Waals surface area contributed by atoms with Crippen LogP contribution < -0.4 is 49.5 Å². The lowest BCUT2D eigenvalue weighted by molar-refractivity contribution is -0.142. The van der Waals surface area contributed by atoms with Crippen LogP contribution in [0.2, 0.25) is 0 Å². The van der Waals surface area contributed by atoms with Gasteiger partial charge in [0, 0.05) is 43.0 Å². The number of guanidine groups is 2. The average molecular weight is 645 g/mol. The summed E-state index contributed by atoms with van der Waals surface area (Å²) in [5.74, 6) is -4.85. The summed E-state index contributed by atoms with van der Waals surface area (Å²) >= 11 is 0. The van der Waals surface area contributed by atoms with Crippen molar-refractivity contribution in [2.45, 2.75) is 69.1 Å². The van der Waals surface area contributed by atoms with Gasteiger partial charge in [0.05, 0.1) is 6.04 Å². The molecule has 0 saturated heterocycles. The molecule has 1 aromatic carbocycles. The molecule has 0 unspecified atom stereocenters. The van der Waals surface area contributed by atoms with Crippen LogP contribution in [0, 0.1) is 10.8 Å². The first-order valence-electron chi connectivity index (χ1n) is 14.7. The molecule has 1 heterocycles. The highest BCUT2D eigenvalue weighted by Gasteiger charge is 2.31. The molecule has 4 atom stereocenters. The number of primary amides is 1. The summed E-state index contributed by atoms with van der Waals surface area (Å²) < 4.78 is 0. The summed E-state index contributed by atoms with van der Waals surface area (Å²) in [6.45, 7) is 0.512. The Morgan fingerprint density at radius 2 is 1.35 bits per heavy atom. The van der Waals surface area contributed by atoms with Gasteiger partial charge in [-0.1, -0.05) is 18.2 Å². The second-order valence-electron chi connectivity index (χ2n) is 10.7. The molecule has 0 saturated carbocycles. The molecule has 17 N–H and O–H groups in total. The van der Waals surface area contributed by atoms with E-state index in [2.05, 4.69) is 31.6 Å². The minimum atomic E-state index is -1.37. The number of nitrogens with two attached hydrogens (primary N) is 4. The third kappa shape index (κ3) is 12.7. The number of hydrogen-bond acceptors (Lipinski definition) is 8. The lowest BCUT2D eigenvalue weighted by Crippen LogP contribution is -2.57. The molecule has 18 heteroatoms. The SMILES string of the molecule is N=C(N)NCCC[C@H](NC(=O)[C@H](CCC(N)=O)NC(=O)[C@H](Cc1c[nH]c2ccccc12)NC(=O)[C@@H](N)CCCNC(=N)N)C(=O)O. The van der Waals surface area contributed by atoms with Crippen LogP contribution in [0.5, 0.6) is 0 Å². The Balaban J connectivity index is 2.24. The molecule has 0 radical (unpaired) electrons. The second-order valence-corrected chi connectivity index (χ2v) is 10.7. The number of fused-ring (bicyclic) bond motifs is 1. The number of nitrogens with one attached hydrogen (secondary N) is 8. The maximum atomic E-state index is 13.7. The van der Waals surface area contributed by atoms with Crippen molar-refractivity contribution in [1.82, 2.24) is 31.6 Å². The summed E-state index contributed by atoms with van der Waals surface area (Å²) in [5.41, 5.74) is 23.3. The summed E-state index contributed by atoms with van der Waals surface area (Å²) in [6.07, 6.45) is 2.04. The van der Waals surface area contributed by atoms with Crippen molar-refractivity contribution in [2.24, 2.45) is 22.9 Å². The van der Waals surface area contributed by atoms with Gasteiger partial charge in [0.25, 0.3) is 0 Å². The minimum absolute atomic E-state index is 0.00522. The van der Waals surface area contributed by atoms with E-state index in [4.69, 9.17) is 33.8 Å². The van der Waals surface area contributed by atoms with Gasteiger partial charge in [0.2, 0.25) is 23.6 Å². The van der Waals surface area contributed by atoms with Crippen molar-refractivity contribution in [3.8, 4) is 0 Å². The number of H-pyrrole nitrogens is 1. The zero-order chi connectivity index (χ0) is 34.2. The van der Waals surface area contributed by atoms with Crippen LogP contribution in [-0.2, 0) is 30.4 Å². The summed E-state index contributed by atoms with van der Waals surface area (Å²) in [6, 6.07) is 2.40. The number of carbonyl (C=O) groups excluding carboxylic acids is 4. The molecule has 0 aliphatic carbocycles. The van der Waals surface area contributed by atoms with Crippen LogP contribution in [0.15, 0.2) is 30.5 Å². The summed E-state index contributed by atoms with van der Waals surface area (Å²) in [7, 11) is 0. The highest BCUT2D eigenvalue weighted by Crippen LogP contribution is 2.19. The molecule has 0 bridgehead atoms. The number of amides is 4. The molecule has 1 aromatic heterocycles. The lowest BCUT2D eigenvalue weighted by Gasteiger charge is -2.25. The van der Waals surface area contributed by atoms with Gasteiger partial charge in [-0.05, 0) is 43.7 Å². The van der Waals surface area contributed by atoms with E-state index in [1.807, 2.05) is 24.3 Å². The van der Waals surface area contributed by atoms with E-state index in [1.165, 1.54) is 0 Å². The van der Waals surface area contributed by atoms with E-state index in [0.29, 0.717) is 18.5 Å². The molecule has 2 rings (SSSR count). The maximum Gasteiger partial charge on any atom is 0.326 e. The summed E-state index contributed by atoms with van der Waals surface area (Å²) in [4.78, 5) is 66.5. The summed E-state index contributed by atoms with van der Waals surface area (Å²) in [5, 5.41) is 37.6. The van der Waals surface area contributed by atoms with E-state index in [0.717, 1.165) is 10.9 Å². The first kappa shape index (κ1) is 36.8. The monoisotopic (exact) mass is 644 g/mol. The van der Waals surface area contributed by atoms with Crippen LogP contribution in [0.25, 0.3) is 10.9 Å². The van der Waals surface area contributed by atoms with Gasteiger partial charge in [-0.15, -0.1) is 0 Å². The molecule has 2 aromatic rings. The smallest absolute Gasteiger partial charge is 0.326 e. The number of carbonyl (C=O) groups is 5. The predicted octanol–water partition coefficient (Wildman–Crippen LogP) is -2.63. The van der Waals surface area contributed by atoms with Crippen LogP contribution in [-0.4, -0.2) is 88.9 Å². The Bertz CT molecular complexity index is 1400. The number of carboxylic acids is 1. The number of para-hydroxylation sites is 1. The first-order chi connectivity index (χ1) is 21.8. The zero-order valence-corrected chi connectivity index (χ0v) is 25.4. The van der Waals surface area contributed by atoms with Crippen LogP contribution in [0.3, 0.4) is 0 Å². The van der Waals surface area contributed by atoms with Crippen LogP contribution in [0.4, 0.5) is 0 Å². The first-order valence-corrected chi connectivity index (χ1v) is 14.7. The fourth-order valence-corrected chi connectivity index (χ4v) is 4.57. The van der Waals surface area contributed by atoms with Gasteiger partial charge in [-0.3, -0.25) is 30.0 Å². The van der Waals surface area contributed by atoms with E-state index < -0.39 is 53.8 Å². The fraction of sp³-hybridized carbons (Fsp3) is 0.464. The molecule has 18 nitrogen and oxygen atoms in total.